The minimum absolute atomic E-state index is 0.0231. The smallest absolute Gasteiger partial charge is 0.325 e. The standard InChI is InChI=1S/C5H9NO4.C4H10NO5P/c6-3(5(9)10)1-2-4(7)8;5-3(4(6)7)1-2-11(8,9)10/h3H,1-2,6H2,(H,7,8)(H,9,10);3H,1-2,5H2,(H,6,7)(H2,8,9,10). The summed E-state index contributed by atoms with van der Waals surface area (Å²) in [5.74, 6) is -3.45. The summed E-state index contributed by atoms with van der Waals surface area (Å²) in [4.78, 5) is 46.5. The number of carboxylic acids is 3. The predicted molar refractivity (Wildman–Crippen MR) is 69.6 cm³/mol. The lowest BCUT2D eigenvalue weighted by Gasteiger charge is -2.06. The Kier molecular flexibility index (Phi) is 10.6. The monoisotopic (exact) mass is 330 g/mol. The first kappa shape index (κ1) is 21.8. The Morgan fingerprint density at radius 3 is 1.57 bits per heavy atom. The van der Waals surface area contributed by atoms with E-state index in [1.54, 1.807) is 0 Å². The van der Waals surface area contributed by atoms with Crippen LogP contribution < -0.4 is 11.5 Å². The van der Waals surface area contributed by atoms with E-state index < -0.39 is 43.7 Å². The van der Waals surface area contributed by atoms with E-state index in [-0.39, 0.29) is 19.3 Å². The van der Waals surface area contributed by atoms with Crippen molar-refractivity contribution in [2.75, 3.05) is 6.16 Å². The van der Waals surface area contributed by atoms with Crippen LogP contribution in [0.4, 0.5) is 0 Å². The SMILES string of the molecule is NC(CCC(=O)O)C(=O)O.NC(CCP(=O)(O)O)C(=O)O. The zero-order valence-electron chi connectivity index (χ0n) is 11.0. The molecule has 2 atom stereocenters. The van der Waals surface area contributed by atoms with Gasteiger partial charge in [-0.3, -0.25) is 18.9 Å². The van der Waals surface area contributed by atoms with Crippen molar-refractivity contribution in [1.82, 2.24) is 0 Å². The van der Waals surface area contributed by atoms with Crippen LogP contribution in [0.1, 0.15) is 19.3 Å². The van der Waals surface area contributed by atoms with E-state index in [4.69, 9.17) is 36.6 Å². The number of nitrogens with two attached hydrogens (primary N) is 2. The first-order valence-electron chi connectivity index (χ1n) is 5.60. The predicted octanol–water partition coefficient (Wildman–Crippen LogP) is -1.77. The van der Waals surface area contributed by atoms with E-state index in [9.17, 15) is 18.9 Å². The number of carboxylic acid groups (broad SMARTS) is 3. The molecule has 0 saturated carbocycles. The van der Waals surface area contributed by atoms with E-state index in [1.165, 1.54) is 0 Å². The van der Waals surface area contributed by atoms with Crippen LogP contribution in [0.3, 0.4) is 0 Å². The second-order valence-corrected chi connectivity index (χ2v) is 5.78. The van der Waals surface area contributed by atoms with Gasteiger partial charge in [-0.15, -0.1) is 0 Å². The number of hydrogen-bond donors (Lipinski definition) is 7. The summed E-state index contributed by atoms with van der Waals surface area (Å²) < 4.78 is 10.2. The van der Waals surface area contributed by atoms with E-state index in [0.29, 0.717) is 0 Å². The second-order valence-electron chi connectivity index (χ2n) is 4.00. The van der Waals surface area contributed by atoms with Crippen LogP contribution in [-0.2, 0) is 18.9 Å². The molecule has 9 N–H and O–H groups in total. The van der Waals surface area contributed by atoms with Crippen molar-refractivity contribution in [3.05, 3.63) is 0 Å². The van der Waals surface area contributed by atoms with Gasteiger partial charge in [0.25, 0.3) is 0 Å². The fourth-order valence-corrected chi connectivity index (χ4v) is 1.45. The Morgan fingerprint density at radius 1 is 0.905 bits per heavy atom. The molecule has 0 aromatic carbocycles. The molecule has 0 bridgehead atoms. The number of hydrogen-bond acceptors (Lipinski definition) is 6. The van der Waals surface area contributed by atoms with Crippen LogP contribution in [0.25, 0.3) is 0 Å². The second kappa shape index (κ2) is 10.2. The minimum Gasteiger partial charge on any atom is -0.481 e. The molecule has 0 heterocycles. The lowest BCUT2D eigenvalue weighted by Crippen LogP contribution is -2.30. The highest BCUT2D eigenvalue weighted by atomic mass is 31.2. The molecule has 21 heavy (non-hydrogen) atoms. The molecule has 0 aliphatic heterocycles. The fraction of sp³-hybridized carbons (Fsp3) is 0.667. The van der Waals surface area contributed by atoms with Crippen LogP contribution in [-0.4, -0.2) is 61.3 Å². The minimum atomic E-state index is -4.10. The van der Waals surface area contributed by atoms with Gasteiger partial charge in [-0.2, -0.15) is 0 Å². The number of aliphatic carboxylic acids is 3. The Morgan fingerprint density at radius 2 is 1.29 bits per heavy atom. The molecule has 0 amide bonds. The zero-order valence-corrected chi connectivity index (χ0v) is 11.8. The summed E-state index contributed by atoms with van der Waals surface area (Å²) >= 11 is 0. The van der Waals surface area contributed by atoms with Gasteiger partial charge >= 0.3 is 25.5 Å². The third-order valence-electron chi connectivity index (χ3n) is 2.03. The summed E-state index contributed by atoms with van der Waals surface area (Å²) in [6.07, 6.45) is -0.918. The van der Waals surface area contributed by atoms with E-state index >= 15 is 0 Å². The molecule has 0 fully saturated rings. The van der Waals surface area contributed by atoms with Gasteiger partial charge in [-0.1, -0.05) is 0 Å². The molecule has 0 spiro atoms. The van der Waals surface area contributed by atoms with Crippen molar-refractivity contribution >= 4 is 25.5 Å². The molecular formula is C9H19N2O9P. The van der Waals surface area contributed by atoms with Gasteiger partial charge in [-0.25, -0.2) is 0 Å². The van der Waals surface area contributed by atoms with Gasteiger partial charge in [0.1, 0.15) is 12.1 Å². The maximum absolute atomic E-state index is 10.2. The summed E-state index contributed by atoms with van der Waals surface area (Å²) in [6.45, 7) is 0. The van der Waals surface area contributed by atoms with Gasteiger partial charge in [0.15, 0.2) is 0 Å². The molecule has 0 aromatic heterocycles. The van der Waals surface area contributed by atoms with Gasteiger partial charge in [0.2, 0.25) is 0 Å². The number of carbonyl (C=O) groups is 3. The molecule has 0 aliphatic carbocycles. The molecular weight excluding hydrogens is 311 g/mol. The molecule has 0 aliphatic rings. The molecule has 2 unspecified atom stereocenters. The maximum atomic E-state index is 10.2. The van der Waals surface area contributed by atoms with Crippen LogP contribution in [0.2, 0.25) is 0 Å². The van der Waals surface area contributed by atoms with Crippen LogP contribution in [0, 0.1) is 0 Å². The van der Waals surface area contributed by atoms with Crippen molar-refractivity contribution < 1.29 is 44.1 Å². The lowest BCUT2D eigenvalue weighted by atomic mass is 10.2. The van der Waals surface area contributed by atoms with Crippen molar-refractivity contribution in [2.24, 2.45) is 11.5 Å². The van der Waals surface area contributed by atoms with E-state index in [2.05, 4.69) is 0 Å². The molecule has 12 heteroatoms. The fourth-order valence-electron chi connectivity index (χ4n) is 0.833. The summed E-state index contributed by atoms with van der Waals surface area (Å²) in [5, 5.41) is 24.5. The Balaban J connectivity index is 0. The van der Waals surface area contributed by atoms with Crippen LogP contribution in [0.15, 0.2) is 0 Å². The molecule has 0 rings (SSSR count). The summed E-state index contributed by atoms with van der Waals surface area (Å²) in [5.41, 5.74) is 9.98. The zero-order chi connectivity index (χ0) is 17.2. The van der Waals surface area contributed by atoms with Gasteiger partial charge in [-0.05, 0) is 12.8 Å². The molecule has 0 radical (unpaired) electrons. The van der Waals surface area contributed by atoms with Crippen molar-refractivity contribution in [3.63, 3.8) is 0 Å². The van der Waals surface area contributed by atoms with Crippen molar-refractivity contribution in [3.8, 4) is 0 Å². The van der Waals surface area contributed by atoms with Crippen LogP contribution in [0.5, 0.6) is 0 Å². The average Bonchev–Trinajstić information content (AvgIpc) is 2.32. The largest absolute Gasteiger partial charge is 0.481 e. The first-order chi connectivity index (χ1) is 9.36. The van der Waals surface area contributed by atoms with E-state index in [1.807, 2.05) is 0 Å². The van der Waals surface area contributed by atoms with Gasteiger partial charge in [0.05, 0.1) is 6.16 Å². The number of rotatable bonds is 8. The molecule has 0 aromatic rings. The Bertz CT molecular complexity index is 408. The topological polar surface area (TPSA) is 221 Å². The average molecular weight is 330 g/mol. The molecule has 11 nitrogen and oxygen atoms in total. The highest BCUT2D eigenvalue weighted by Gasteiger charge is 2.18. The molecule has 124 valence electrons. The quantitative estimate of drug-likeness (QED) is 0.246. The molecule has 0 saturated heterocycles. The Labute approximate surface area is 119 Å². The normalized spacial score (nSPS) is 13.5. The lowest BCUT2D eigenvalue weighted by molar-refractivity contribution is -0.140. The van der Waals surface area contributed by atoms with Crippen molar-refractivity contribution in [2.45, 2.75) is 31.3 Å². The summed E-state index contributed by atoms with van der Waals surface area (Å²) in [6, 6.07) is -2.25. The highest BCUT2D eigenvalue weighted by Crippen LogP contribution is 2.35. The van der Waals surface area contributed by atoms with E-state index in [0.717, 1.165) is 0 Å². The van der Waals surface area contributed by atoms with Gasteiger partial charge in [0, 0.05) is 6.42 Å². The summed E-state index contributed by atoms with van der Waals surface area (Å²) in [7, 11) is -4.10. The first-order valence-corrected chi connectivity index (χ1v) is 7.39. The maximum Gasteiger partial charge on any atom is 0.325 e. The van der Waals surface area contributed by atoms with Crippen molar-refractivity contribution in [1.29, 1.82) is 0 Å². The third-order valence-corrected chi connectivity index (χ3v) is 2.88. The van der Waals surface area contributed by atoms with Gasteiger partial charge < -0.3 is 36.6 Å². The highest BCUT2D eigenvalue weighted by molar-refractivity contribution is 7.51. The van der Waals surface area contributed by atoms with Crippen LogP contribution >= 0.6 is 7.60 Å². The third kappa shape index (κ3) is 16.4. The Hall–Kier alpha value is -1.52.